The summed E-state index contributed by atoms with van der Waals surface area (Å²) < 4.78 is 40.7. The molecular formula is C23H21NO6S. The lowest BCUT2D eigenvalue weighted by atomic mass is 10.1. The number of ether oxygens (including phenoxy) is 1. The minimum absolute atomic E-state index is 0.0110. The van der Waals surface area contributed by atoms with E-state index in [0.717, 1.165) is 21.9 Å². The van der Waals surface area contributed by atoms with Crippen molar-refractivity contribution in [1.82, 2.24) is 4.90 Å². The van der Waals surface area contributed by atoms with E-state index in [1.54, 1.807) is 25.4 Å². The van der Waals surface area contributed by atoms with Crippen LogP contribution in [0, 0.1) is 0 Å². The van der Waals surface area contributed by atoms with Gasteiger partial charge in [-0.3, -0.25) is 4.79 Å². The van der Waals surface area contributed by atoms with Crippen molar-refractivity contribution in [3.8, 4) is 17.1 Å². The molecule has 1 aliphatic heterocycles. The zero-order chi connectivity index (χ0) is 21.6. The van der Waals surface area contributed by atoms with E-state index in [9.17, 15) is 13.2 Å². The number of benzene rings is 2. The molecule has 1 amide bonds. The smallest absolute Gasteiger partial charge is 0.260 e. The molecule has 1 atom stereocenters. The maximum Gasteiger partial charge on any atom is 0.260 e. The molecule has 0 spiro atoms. The lowest BCUT2D eigenvalue weighted by Crippen LogP contribution is -2.40. The molecule has 1 unspecified atom stereocenters. The van der Waals surface area contributed by atoms with Crippen LogP contribution in [0.3, 0.4) is 0 Å². The standard InChI is InChI=1S/C23H21NO6S/c1-24(16-8-9-31(26,27)14-16)23(25)13-28-17-6-7-21-18(11-17)19(12-29-21)22-10-15-4-2-3-5-20(15)30-22/h2-7,10-12,16H,8-9,13-14H2,1H3. The molecule has 1 saturated heterocycles. The van der Waals surface area contributed by atoms with Gasteiger partial charge in [-0.25, -0.2) is 8.42 Å². The summed E-state index contributed by atoms with van der Waals surface area (Å²) >= 11 is 0. The first-order valence-electron chi connectivity index (χ1n) is 9.99. The Labute approximate surface area is 179 Å². The van der Waals surface area contributed by atoms with Crippen LogP contribution in [0.15, 0.2) is 63.6 Å². The van der Waals surface area contributed by atoms with Gasteiger partial charge in [0.2, 0.25) is 0 Å². The van der Waals surface area contributed by atoms with E-state index in [-0.39, 0.29) is 30.1 Å². The van der Waals surface area contributed by atoms with Gasteiger partial charge in [0.05, 0.1) is 17.1 Å². The molecule has 3 heterocycles. The second-order valence-electron chi connectivity index (χ2n) is 7.81. The van der Waals surface area contributed by atoms with Crippen LogP contribution in [-0.2, 0) is 14.6 Å². The van der Waals surface area contributed by atoms with Crippen LogP contribution in [-0.4, -0.2) is 50.4 Å². The molecule has 0 N–H and O–H groups in total. The lowest BCUT2D eigenvalue weighted by molar-refractivity contribution is -0.133. The number of carbonyl (C=O) groups excluding carboxylic acids is 1. The predicted molar refractivity (Wildman–Crippen MR) is 117 cm³/mol. The number of nitrogens with zero attached hydrogens (tertiary/aromatic N) is 1. The Bertz CT molecular complexity index is 1350. The summed E-state index contributed by atoms with van der Waals surface area (Å²) in [6.45, 7) is -0.170. The number of hydrogen-bond acceptors (Lipinski definition) is 6. The second kappa shape index (κ2) is 7.46. The van der Waals surface area contributed by atoms with Crippen molar-refractivity contribution in [3.63, 3.8) is 0 Å². The number of rotatable bonds is 5. The largest absolute Gasteiger partial charge is 0.484 e. The minimum Gasteiger partial charge on any atom is -0.484 e. The third-order valence-corrected chi connectivity index (χ3v) is 7.50. The van der Waals surface area contributed by atoms with Crippen molar-refractivity contribution in [2.75, 3.05) is 25.2 Å². The summed E-state index contributed by atoms with van der Waals surface area (Å²) in [7, 11) is -1.43. The van der Waals surface area contributed by atoms with Gasteiger partial charge in [-0.15, -0.1) is 0 Å². The predicted octanol–water partition coefficient (Wildman–Crippen LogP) is 3.87. The molecule has 0 bridgehead atoms. The normalized spacial score (nSPS) is 17.9. The SMILES string of the molecule is CN(C(=O)COc1ccc2occ(-c3cc4ccccc4o3)c2c1)C1CCS(=O)(=O)C1. The Morgan fingerprint density at radius 1 is 1.16 bits per heavy atom. The molecule has 4 aromatic rings. The molecule has 8 heteroatoms. The number of fused-ring (bicyclic) bond motifs is 2. The lowest BCUT2D eigenvalue weighted by Gasteiger charge is -2.23. The Kier molecular flexibility index (Phi) is 4.74. The third-order valence-electron chi connectivity index (χ3n) is 5.75. The van der Waals surface area contributed by atoms with Crippen LogP contribution >= 0.6 is 0 Å². The fraction of sp³-hybridized carbons (Fsp3) is 0.261. The molecular weight excluding hydrogens is 418 g/mol. The van der Waals surface area contributed by atoms with Gasteiger partial charge in [-0.1, -0.05) is 18.2 Å². The molecule has 2 aromatic heterocycles. The molecule has 31 heavy (non-hydrogen) atoms. The quantitative estimate of drug-likeness (QED) is 0.469. The van der Waals surface area contributed by atoms with Crippen molar-refractivity contribution in [1.29, 1.82) is 0 Å². The number of likely N-dealkylation sites (N-methyl/N-ethyl adjacent to an activating group) is 1. The van der Waals surface area contributed by atoms with E-state index in [0.29, 0.717) is 23.5 Å². The van der Waals surface area contributed by atoms with Crippen molar-refractivity contribution < 1.29 is 26.8 Å². The number of para-hydroxylation sites is 1. The molecule has 1 fully saturated rings. The Morgan fingerprint density at radius 2 is 2.00 bits per heavy atom. The molecule has 7 nitrogen and oxygen atoms in total. The van der Waals surface area contributed by atoms with E-state index >= 15 is 0 Å². The molecule has 0 saturated carbocycles. The first kappa shape index (κ1) is 19.7. The van der Waals surface area contributed by atoms with E-state index in [2.05, 4.69) is 0 Å². The maximum atomic E-state index is 12.5. The van der Waals surface area contributed by atoms with Crippen LogP contribution in [0.25, 0.3) is 33.3 Å². The summed E-state index contributed by atoms with van der Waals surface area (Å²) in [5.74, 6) is 1.09. The molecule has 0 radical (unpaired) electrons. The van der Waals surface area contributed by atoms with Gasteiger partial charge >= 0.3 is 0 Å². The van der Waals surface area contributed by atoms with Gasteiger partial charge in [0.15, 0.2) is 16.4 Å². The number of hydrogen-bond donors (Lipinski definition) is 0. The van der Waals surface area contributed by atoms with Crippen molar-refractivity contribution in [2.45, 2.75) is 12.5 Å². The number of furan rings is 2. The van der Waals surface area contributed by atoms with Gasteiger partial charge in [0, 0.05) is 23.9 Å². The fourth-order valence-electron chi connectivity index (χ4n) is 3.93. The van der Waals surface area contributed by atoms with E-state index in [4.69, 9.17) is 13.6 Å². The second-order valence-corrected chi connectivity index (χ2v) is 10.0. The zero-order valence-corrected chi connectivity index (χ0v) is 17.7. The van der Waals surface area contributed by atoms with Gasteiger partial charge < -0.3 is 18.5 Å². The van der Waals surface area contributed by atoms with Crippen LogP contribution in [0.4, 0.5) is 0 Å². The Balaban J connectivity index is 1.34. The molecule has 5 rings (SSSR count). The summed E-state index contributed by atoms with van der Waals surface area (Å²) in [4.78, 5) is 14.0. The topological polar surface area (TPSA) is 90.0 Å². The van der Waals surface area contributed by atoms with Crippen LogP contribution in [0.1, 0.15) is 6.42 Å². The highest BCUT2D eigenvalue weighted by Crippen LogP contribution is 2.36. The first-order chi connectivity index (χ1) is 14.9. The molecule has 160 valence electrons. The molecule has 0 aliphatic carbocycles. The average Bonchev–Trinajstić information content (AvgIpc) is 3.46. The van der Waals surface area contributed by atoms with Gasteiger partial charge in [-0.05, 0) is 36.8 Å². The average molecular weight is 439 g/mol. The zero-order valence-electron chi connectivity index (χ0n) is 16.9. The van der Waals surface area contributed by atoms with E-state index < -0.39 is 9.84 Å². The molecule has 2 aromatic carbocycles. The first-order valence-corrected chi connectivity index (χ1v) is 11.8. The number of carbonyl (C=O) groups is 1. The van der Waals surface area contributed by atoms with Crippen LogP contribution < -0.4 is 4.74 Å². The fourth-order valence-corrected chi connectivity index (χ4v) is 5.71. The maximum absolute atomic E-state index is 12.5. The summed E-state index contributed by atoms with van der Waals surface area (Å²) in [5.41, 5.74) is 2.28. The van der Waals surface area contributed by atoms with E-state index in [1.807, 2.05) is 36.4 Å². The van der Waals surface area contributed by atoms with E-state index in [1.165, 1.54) is 4.90 Å². The minimum atomic E-state index is -3.05. The van der Waals surface area contributed by atoms with Gasteiger partial charge in [0.1, 0.15) is 28.9 Å². The Hall–Kier alpha value is -3.26. The Morgan fingerprint density at radius 3 is 2.77 bits per heavy atom. The van der Waals surface area contributed by atoms with Gasteiger partial charge in [0.25, 0.3) is 5.91 Å². The summed E-state index contributed by atoms with van der Waals surface area (Å²) in [5, 5.41) is 1.82. The summed E-state index contributed by atoms with van der Waals surface area (Å²) in [6.07, 6.45) is 2.11. The van der Waals surface area contributed by atoms with Crippen LogP contribution in [0.2, 0.25) is 0 Å². The highest BCUT2D eigenvalue weighted by atomic mass is 32.2. The summed E-state index contributed by atoms with van der Waals surface area (Å²) in [6, 6.07) is 14.8. The van der Waals surface area contributed by atoms with Crippen molar-refractivity contribution in [2.24, 2.45) is 0 Å². The van der Waals surface area contributed by atoms with Crippen molar-refractivity contribution >= 4 is 37.7 Å². The monoisotopic (exact) mass is 439 g/mol. The van der Waals surface area contributed by atoms with Crippen LogP contribution in [0.5, 0.6) is 5.75 Å². The third kappa shape index (κ3) is 3.79. The highest BCUT2D eigenvalue weighted by molar-refractivity contribution is 7.91. The highest BCUT2D eigenvalue weighted by Gasteiger charge is 2.32. The van der Waals surface area contributed by atoms with Gasteiger partial charge in [-0.2, -0.15) is 0 Å². The number of sulfone groups is 1. The number of amides is 1. The molecule has 1 aliphatic rings. The van der Waals surface area contributed by atoms with Crippen molar-refractivity contribution in [3.05, 3.63) is 54.8 Å².